The van der Waals surface area contributed by atoms with Crippen LogP contribution in [0.25, 0.3) is 22.2 Å². The van der Waals surface area contributed by atoms with Crippen LogP contribution in [0, 0.1) is 0 Å². The number of hydrogen-bond acceptors (Lipinski definition) is 6. The highest BCUT2D eigenvalue weighted by molar-refractivity contribution is 7.07. The number of H-pyrrole nitrogens is 2. The SMILES string of the molecule is Cn1c(=O)c(-c2[nH][nH]c(=O)c2/C=N/c2cscn2)c(O)c2ccccc21. The van der Waals surface area contributed by atoms with E-state index in [9.17, 15) is 14.7 Å². The van der Waals surface area contributed by atoms with Gasteiger partial charge in [-0.05, 0) is 12.1 Å². The predicted molar refractivity (Wildman–Crippen MR) is 101 cm³/mol. The van der Waals surface area contributed by atoms with Gasteiger partial charge >= 0.3 is 0 Å². The van der Waals surface area contributed by atoms with Gasteiger partial charge in [-0.25, -0.2) is 9.98 Å². The first-order chi connectivity index (χ1) is 12.6. The van der Waals surface area contributed by atoms with E-state index in [4.69, 9.17) is 0 Å². The summed E-state index contributed by atoms with van der Waals surface area (Å²) >= 11 is 1.38. The molecule has 0 aliphatic rings. The van der Waals surface area contributed by atoms with Crippen LogP contribution in [0.3, 0.4) is 0 Å². The number of para-hydroxylation sites is 1. The first-order valence-electron chi connectivity index (χ1n) is 7.62. The highest BCUT2D eigenvalue weighted by Crippen LogP contribution is 2.32. The summed E-state index contributed by atoms with van der Waals surface area (Å²) in [4.78, 5) is 33.1. The molecule has 0 spiro atoms. The second-order valence-electron chi connectivity index (χ2n) is 5.58. The maximum Gasteiger partial charge on any atom is 0.273 e. The lowest BCUT2D eigenvalue weighted by Crippen LogP contribution is -2.20. The van der Waals surface area contributed by atoms with Crippen LogP contribution in [0.2, 0.25) is 0 Å². The molecule has 3 aromatic heterocycles. The van der Waals surface area contributed by atoms with Crippen LogP contribution in [0.5, 0.6) is 5.75 Å². The summed E-state index contributed by atoms with van der Waals surface area (Å²) in [6.45, 7) is 0. The number of fused-ring (bicyclic) bond motifs is 1. The fourth-order valence-corrected chi connectivity index (χ4v) is 3.27. The summed E-state index contributed by atoms with van der Waals surface area (Å²) in [5.74, 6) is 0.263. The van der Waals surface area contributed by atoms with Crippen LogP contribution in [-0.2, 0) is 7.05 Å². The molecule has 0 aliphatic carbocycles. The van der Waals surface area contributed by atoms with Gasteiger partial charge in [-0.15, -0.1) is 11.3 Å². The number of aryl methyl sites for hydroxylation is 1. The fourth-order valence-electron chi connectivity index (χ4n) is 2.79. The van der Waals surface area contributed by atoms with Crippen molar-refractivity contribution >= 4 is 34.3 Å². The summed E-state index contributed by atoms with van der Waals surface area (Å²) in [5.41, 5.74) is 1.66. The Hall–Kier alpha value is -3.46. The highest BCUT2D eigenvalue weighted by Gasteiger charge is 2.21. The Balaban J connectivity index is 1.98. The molecule has 0 aliphatic heterocycles. The Kier molecular flexibility index (Phi) is 3.77. The Morgan fingerprint density at radius 2 is 2.08 bits per heavy atom. The van der Waals surface area contributed by atoms with E-state index in [1.165, 1.54) is 22.1 Å². The molecule has 8 nitrogen and oxygen atoms in total. The number of aliphatic imine (C=N–C) groups is 1. The van der Waals surface area contributed by atoms with Gasteiger partial charge in [0.25, 0.3) is 11.1 Å². The predicted octanol–water partition coefficient (Wildman–Crippen LogP) is 2.13. The number of hydrogen-bond donors (Lipinski definition) is 3. The van der Waals surface area contributed by atoms with Crippen LogP contribution in [0.4, 0.5) is 5.82 Å². The fraction of sp³-hybridized carbons (Fsp3) is 0.0588. The molecule has 0 radical (unpaired) electrons. The van der Waals surface area contributed by atoms with Crippen LogP contribution in [-0.4, -0.2) is 31.1 Å². The third-order valence-corrected chi connectivity index (χ3v) is 4.66. The summed E-state index contributed by atoms with van der Waals surface area (Å²) in [6.07, 6.45) is 1.33. The summed E-state index contributed by atoms with van der Waals surface area (Å²) in [5, 5.41) is 18.0. The van der Waals surface area contributed by atoms with E-state index in [0.717, 1.165) is 0 Å². The number of rotatable bonds is 3. The van der Waals surface area contributed by atoms with Crippen molar-refractivity contribution in [3.63, 3.8) is 0 Å². The molecule has 9 heteroatoms. The van der Waals surface area contributed by atoms with E-state index in [0.29, 0.717) is 16.7 Å². The zero-order valence-corrected chi connectivity index (χ0v) is 14.4. The summed E-state index contributed by atoms with van der Waals surface area (Å²) in [7, 11) is 1.61. The quantitative estimate of drug-likeness (QED) is 0.481. The average molecular weight is 367 g/mol. The van der Waals surface area contributed by atoms with E-state index in [1.54, 1.807) is 42.2 Å². The number of nitrogens with one attached hydrogen (secondary N) is 2. The number of aromatic amines is 2. The van der Waals surface area contributed by atoms with Gasteiger partial charge in [-0.2, -0.15) is 0 Å². The van der Waals surface area contributed by atoms with Crippen molar-refractivity contribution in [2.75, 3.05) is 0 Å². The minimum atomic E-state index is -0.450. The second-order valence-corrected chi connectivity index (χ2v) is 6.30. The van der Waals surface area contributed by atoms with Crippen LogP contribution < -0.4 is 11.1 Å². The van der Waals surface area contributed by atoms with Crippen molar-refractivity contribution in [1.82, 2.24) is 19.7 Å². The van der Waals surface area contributed by atoms with E-state index in [2.05, 4.69) is 20.2 Å². The molecule has 0 bridgehead atoms. The minimum absolute atomic E-state index is 0.00396. The highest BCUT2D eigenvalue weighted by atomic mass is 32.1. The van der Waals surface area contributed by atoms with Gasteiger partial charge in [0, 0.05) is 24.0 Å². The lowest BCUT2D eigenvalue weighted by atomic mass is 10.1. The van der Waals surface area contributed by atoms with Crippen LogP contribution in [0.1, 0.15) is 5.56 Å². The molecule has 1 aromatic carbocycles. The average Bonchev–Trinajstić information content (AvgIpc) is 3.29. The van der Waals surface area contributed by atoms with Gasteiger partial charge in [0.15, 0.2) is 5.82 Å². The Morgan fingerprint density at radius 1 is 1.27 bits per heavy atom. The summed E-state index contributed by atoms with van der Waals surface area (Å²) in [6, 6.07) is 7.00. The topological polar surface area (TPSA) is 116 Å². The third-order valence-electron chi connectivity index (χ3n) is 4.09. The van der Waals surface area contributed by atoms with Gasteiger partial charge in [-0.1, -0.05) is 12.1 Å². The van der Waals surface area contributed by atoms with Crippen molar-refractivity contribution in [3.8, 4) is 17.0 Å². The van der Waals surface area contributed by atoms with Gasteiger partial charge in [0.1, 0.15) is 11.3 Å². The zero-order valence-electron chi connectivity index (χ0n) is 13.6. The Bertz CT molecular complexity index is 1250. The maximum atomic E-state index is 12.8. The molecule has 3 N–H and O–H groups in total. The summed E-state index contributed by atoms with van der Waals surface area (Å²) < 4.78 is 1.43. The molecular formula is C17H13N5O3S. The smallest absolute Gasteiger partial charge is 0.273 e. The number of nitrogens with zero attached hydrogens (tertiary/aromatic N) is 3. The first kappa shape index (κ1) is 16.0. The largest absolute Gasteiger partial charge is 0.506 e. The molecule has 0 saturated heterocycles. The standard InChI is InChI=1S/C17H13N5O3S/c1-22-11-5-3-2-4-9(11)15(23)13(17(22)25)14-10(16(24)21-20-14)6-18-12-7-26-8-19-12/h2-8,23H,1H3,(H2,20,21,24)/b18-6+. The van der Waals surface area contributed by atoms with Crippen LogP contribution in [0.15, 0.2) is 49.7 Å². The second kappa shape index (κ2) is 6.12. The number of thiazole rings is 1. The molecular weight excluding hydrogens is 354 g/mol. The van der Waals surface area contributed by atoms with Crippen molar-refractivity contribution in [3.05, 3.63) is 61.4 Å². The number of aromatic hydroxyl groups is 1. The Morgan fingerprint density at radius 3 is 2.85 bits per heavy atom. The zero-order chi connectivity index (χ0) is 18.3. The third kappa shape index (κ3) is 2.45. The number of aromatic nitrogens is 4. The van der Waals surface area contributed by atoms with Crippen molar-refractivity contribution < 1.29 is 5.11 Å². The van der Waals surface area contributed by atoms with E-state index in [1.807, 2.05) is 0 Å². The van der Waals surface area contributed by atoms with Gasteiger partial charge in [-0.3, -0.25) is 19.8 Å². The van der Waals surface area contributed by atoms with Gasteiger partial charge in [0.2, 0.25) is 0 Å². The minimum Gasteiger partial charge on any atom is -0.506 e. The molecule has 0 fully saturated rings. The van der Waals surface area contributed by atoms with E-state index >= 15 is 0 Å². The monoisotopic (exact) mass is 367 g/mol. The Labute approximate surface area is 150 Å². The van der Waals surface area contributed by atoms with Gasteiger partial charge < -0.3 is 9.67 Å². The van der Waals surface area contributed by atoms with Crippen LogP contribution >= 0.6 is 11.3 Å². The lowest BCUT2D eigenvalue weighted by Gasteiger charge is -2.11. The van der Waals surface area contributed by atoms with Crippen molar-refractivity contribution in [1.29, 1.82) is 0 Å². The first-order valence-corrected chi connectivity index (χ1v) is 8.56. The molecule has 26 heavy (non-hydrogen) atoms. The lowest BCUT2D eigenvalue weighted by molar-refractivity contribution is 0.481. The molecule has 0 unspecified atom stereocenters. The molecule has 4 aromatic rings. The number of pyridine rings is 1. The van der Waals surface area contributed by atoms with E-state index in [-0.39, 0.29) is 22.6 Å². The molecule has 0 amide bonds. The van der Waals surface area contributed by atoms with E-state index < -0.39 is 11.1 Å². The molecule has 3 heterocycles. The number of benzene rings is 1. The van der Waals surface area contributed by atoms with Crippen molar-refractivity contribution in [2.24, 2.45) is 12.0 Å². The molecule has 4 rings (SSSR count). The van der Waals surface area contributed by atoms with Gasteiger partial charge in [0.05, 0.1) is 22.3 Å². The molecule has 0 saturated carbocycles. The molecule has 0 atom stereocenters. The normalized spacial score (nSPS) is 11.6. The van der Waals surface area contributed by atoms with Crippen molar-refractivity contribution in [2.45, 2.75) is 0 Å². The maximum absolute atomic E-state index is 12.8. The molecule has 130 valence electrons.